The van der Waals surface area contributed by atoms with E-state index in [0.29, 0.717) is 24.5 Å². The molecule has 44 heavy (non-hydrogen) atoms. The number of nitrogens with zero attached hydrogens (tertiary/aromatic N) is 5. The number of methoxy groups -OCH3 is 1. The Morgan fingerprint density at radius 3 is 2.36 bits per heavy atom. The number of esters is 1. The highest BCUT2D eigenvalue weighted by Crippen LogP contribution is 2.42. The quantitative estimate of drug-likeness (QED) is 0.180. The maximum absolute atomic E-state index is 13.7. The van der Waals surface area contributed by atoms with Crippen molar-refractivity contribution >= 4 is 37.3 Å². The van der Waals surface area contributed by atoms with Gasteiger partial charge in [0.05, 0.1) is 12.3 Å². The highest BCUT2D eigenvalue weighted by Gasteiger charge is 2.36. The first-order chi connectivity index (χ1) is 21.0. The van der Waals surface area contributed by atoms with Crippen LogP contribution in [0.4, 0.5) is 10.6 Å². The summed E-state index contributed by atoms with van der Waals surface area (Å²) < 4.78 is 27.8. The van der Waals surface area contributed by atoms with Gasteiger partial charge in [-0.2, -0.15) is 0 Å². The molecule has 2 saturated heterocycles. The van der Waals surface area contributed by atoms with Gasteiger partial charge in [0.25, 0.3) is 5.91 Å². The molecular formula is C27H35N6O10P. The zero-order valence-corrected chi connectivity index (χ0v) is 25.2. The average molecular weight is 635 g/mol. The van der Waals surface area contributed by atoms with Crippen molar-refractivity contribution in [2.75, 3.05) is 64.2 Å². The van der Waals surface area contributed by atoms with Crippen molar-refractivity contribution in [3.05, 3.63) is 42.1 Å². The van der Waals surface area contributed by atoms with Crippen LogP contribution in [0.25, 0.3) is 11.4 Å². The number of carboxylic acid groups (broad SMARTS) is 1. The van der Waals surface area contributed by atoms with E-state index in [1.54, 1.807) is 31.4 Å². The molecule has 3 heterocycles. The number of piperazine rings is 1. The summed E-state index contributed by atoms with van der Waals surface area (Å²) in [5.41, 5.74) is 0.561. The largest absolute Gasteiger partial charge is 0.465 e. The first-order valence-electron chi connectivity index (χ1n) is 13.8. The Morgan fingerprint density at radius 2 is 1.75 bits per heavy atom. The fraction of sp³-hybridized carbons (Fsp3) is 0.481. The Bertz CT molecular complexity index is 1400. The lowest BCUT2D eigenvalue weighted by atomic mass is 10.2. The fourth-order valence-electron chi connectivity index (χ4n) is 4.79. The second-order valence-electron chi connectivity index (χ2n) is 10.2. The van der Waals surface area contributed by atoms with Gasteiger partial charge < -0.3 is 39.5 Å². The van der Waals surface area contributed by atoms with Gasteiger partial charge in [0.15, 0.2) is 5.82 Å². The van der Waals surface area contributed by atoms with Gasteiger partial charge in [-0.05, 0) is 6.42 Å². The highest BCUT2D eigenvalue weighted by atomic mass is 31.2. The number of ether oxygens (including phenoxy) is 2. The minimum Gasteiger partial charge on any atom is -0.465 e. The van der Waals surface area contributed by atoms with E-state index in [9.17, 15) is 33.7 Å². The van der Waals surface area contributed by atoms with Gasteiger partial charge in [0.2, 0.25) is 12.7 Å². The number of anilines is 1. The van der Waals surface area contributed by atoms with E-state index in [-0.39, 0.29) is 43.8 Å². The van der Waals surface area contributed by atoms with Crippen LogP contribution in [0.5, 0.6) is 0 Å². The van der Waals surface area contributed by atoms with E-state index >= 15 is 0 Å². The molecule has 16 nitrogen and oxygen atoms in total. The molecule has 3 N–H and O–H groups in total. The predicted molar refractivity (Wildman–Crippen MR) is 155 cm³/mol. The maximum Gasteiger partial charge on any atom is 0.407 e. The number of hydrogen-bond acceptors (Lipinski definition) is 11. The summed E-state index contributed by atoms with van der Waals surface area (Å²) in [6.45, 7) is 1.49. The van der Waals surface area contributed by atoms with Crippen molar-refractivity contribution in [2.24, 2.45) is 0 Å². The van der Waals surface area contributed by atoms with E-state index in [0.717, 1.165) is 18.2 Å². The number of carbonyl (C=O) groups is 4. The molecule has 2 aliphatic heterocycles. The summed E-state index contributed by atoms with van der Waals surface area (Å²) in [5.74, 6) is -1.54. The Kier molecular flexibility index (Phi) is 10.9. The van der Waals surface area contributed by atoms with Crippen LogP contribution in [-0.2, 0) is 28.2 Å². The monoisotopic (exact) mass is 634 g/mol. The van der Waals surface area contributed by atoms with Crippen LogP contribution in [0.3, 0.4) is 0 Å². The van der Waals surface area contributed by atoms with Crippen molar-refractivity contribution in [1.82, 2.24) is 25.1 Å². The molecule has 4 rings (SSSR count). The molecule has 3 atom stereocenters. The second kappa shape index (κ2) is 14.6. The second-order valence-corrected chi connectivity index (χ2v) is 12.1. The average Bonchev–Trinajstić information content (AvgIpc) is 3.50. The molecule has 2 fully saturated rings. The molecule has 0 aliphatic carbocycles. The van der Waals surface area contributed by atoms with Crippen molar-refractivity contribution < 1.29 is 47.7 Å². The van der Waals surface area contributed by atoms with Gasteiger partial charge in [-0.25, -0.2) is 14.8 Å². The third-order valence-corrected chi connectivity index (χ3v) is 8.51. The van der Waals surface area contributed by atoms with Crippen LogP contribution in [-0.4, -0.2) is 125 Å². The Balaban J connectivity index is 1.61. The number of aromatic nitrogens is 2. The van der Waals surface area contributed by atoms with Crippen LogP contribution in [0, 0.1) is 0 Å². The van der Waals surface area contributed by atoms with Crippen LogP contribution >= 0.6 is 7.60 Å². The van der Waals surface area contributed by atoms with Gasteiger partial charge in [-0.3, -0.25) is 23.5 Å². The summed E-state index contributed by atoms with van der Waals surface area (Å²) in [6.07, 6.45) is -1.24. The number of carbonyl (C=O) groups excluding carboxylic acids is 3. The third-order valence-electron chi connectivity index (χ3n) is 7.17. The van der Waals surface area contributed by atoms with E-state index in [1.807, 2.05) is 11.0 Å². The topological polar surface area (TPSA) is 201 Å². The molecule has 3 amide bonds. The lowest BCUT2D eigenvalue weighted by molar-refractivity contribution is -0.147. The van der Waals surface area contributed by atoms with Gasteiger partial charge in [-0.1, -0.05) is 30.3 Å². The summed E-state index contributed by atoms with van der Waals surface area (Å²) in [5, 5.41) is 11.8. The first kappa shape index (κ1) is 32.8. The Morgan fingerprint density at radius 1 is 1.07 bits per heavy atom. The van der Waals surface area contributed by atoms with Crippen molar-refractivity contribution in [3.8, 4) is 11.4 Å². The van der Waals surface area contributed by atoms with E-state index < -0.39 is 50.5 Å². The molecule has 17 heteroatoms. The van der Waals surface area contributed by atoms with Crippen LogP contribution in [0.2, 0.25) is 0 Å². The van der Waals surface area contributed by atoms with Crippen molar-refractivity contribution in [2.45, 2.75) is 25.5 Å². The molecule has 2 aromatic rings. The molecule has 1 unspecified atom stereocenters. The molecule has 1 aromatic carbocycles. The standard InChI is InChI=1S/C27H35N6O10P/c1-18(34)42-17-43-44(39,40)16-22(26(36)31-10-12-32(13-11-31)27(37)38)29-25(35)21-14-23(33-9-8-20(15-33)41-2)30-24(28-21)19-6-4-3-5-7-19/h3-7,14,20,22H,8-13,15-17H2,1-2H3,(H,29,35)(H,37,38)(H,39,40)/t20-,22-/m0/s1. The number of hydrogen-bond donors (Lipinski definition) is 3. The lowest BCUT2D eigenvalue weighted by Crippen LogP contribution is -2.56. The minimum absolute atomic E-state index is 0.00692. The normalized spacial score (nSPS) is 18.8. The summed E-state index contributed by atoms with van der Waals surface area (Å²) in [6, 6.07) is 8.92. The zero-order valence-electron chi connectivity index (χ0n) is 24.3. The first-order valence-corrected chi connectivity index (χ1v) is 15.6. The summed E-state index contributed by atoms with van der Waals surface area (Å²) in [4.78, 5) is 73.5. The number of amides is 3. The molecule has 0 spiro atoms. The molecule has 0 radical (unpaired) electrons. The van der Waals surface area contributed by atoms with E-state index in [4.69, 9.17) is 9.26 Å². The molecule has 238 valence electrons. The lowest BCUT2D eigenvalue weighted by Gasteiger charge is -2.35. The van der Waals surface area contributed by atoms with Crippen molar-refractivity contribution in [3.63, 3.8) is 0 Å². The molecule has 2 aliphatic rings. The minimum atomic E-state index is -4.58. The molecular weight excluding hydrogens is 599 g/mol. The highest BCUT2D eigenvalue weighted by molar-refractivity contribution is 7.52. The Labute approximate surface area is 253 Å². The number of benzene rings is 1. The van der Waals surface area contributed by atoms with Crippen LogP contribution in [0.1, 0.15) is 23.8 Å². The van der Waals surface area contributed by atoms with Crippen LogP contribution in [0.15, 0.2) is 36.4 Å². The maximum atomic E-state index is 13.7. The smallest absolute Gasteiger partial charge is 0.407 e. The van der Waals surface area contributed by atoms with Gasteiger partial charge >= 0.3 is 19.7 Å². The fourth-order valence-corrected chi connectivity index (χ4v) is 5.82. The predicted octanol–water partition coefficient (Wildman–Crippen LogP) is 1.01. The van der Waals surface area contributed by atoms with E-state index in [2.05, 4.69) is 20.0 Å². The van der Waals surface area contributed by atoms with Gasteiger partial charge in [-0.15, -0.1) is 0 Å². The van der Waals surface area contributed by atoms with E-state index in [1.165, 1.54) is 11.0 Å². The summed E-state index contributed by atoms with van der Waals surface area (Å²) in [7, 11) is -2.96. The van der Waals surface area contributed by atoms with Gasteiger partial charge in [0.1, 0.15) is 17.6 Å². The zero-order chi connectivity index (χ0) is 31.9. The summed E-state index contributed by atoms with van der Waals surface area (Å²) >= 11 is 0. The number of rotatable bonds is 11. The third kappa shape index (κ3) is 8.72. The SMILES string of the molecule is CO[C@H]1CCN(c2cc(C(=O)N[C@@H](CP(=O)(O)OCOC(C)=O)C(=O)N3CCN(C(=O)O)CC3)nc(-c3ccccc3)n2)C1. The molecule has 1 aromatic heterocycles. The van der Waals surface area contributed by atoms with Gasteiger partial charge in [0, 0.05) is 64.9 Å². The molecule has 0 bridgehead atoms. The number of nitrogens with one attached hydrogen (secondary N) is 1. The van der Waals surface area contributed by atoms with Crippen LogP contribution < -0.4 is 10.2 Å². The molecule has 0 saturated carbocycles. The van der Waals surface area contributed by atoms with Crippen molar-refractivity contribution in [1.29, 1.82) is 0 Å². The Hall–Kier alpha value is -4.11.